The highest BCUT2D eigenvalue weighted by Crippen LogP contribution is 2.32. The number of nitrogens with zero attached hydrogens (tertiary/aromatic N) is 2. The topological polar surface area (TPSA) is 67.6 Å². The summed E-state index contributed by atoms with van der Waals surface area (Å²) in [5.41, 5.74) is 0.196. The molecule has 2 aliphatic heterocycles. The van der Waals surface area contributed by atoms with Crippen molar-refractivity contribution in [2.45, 2.75) is 31.3 Å². The zero-order chi connectivity index (χ0) is 13.9. The van der Waals surface area contributed by atoms with Crippen LogP contribution in [-0.4, -0.2) is 48.2 Å². The van der Waals surface area contributed by atoms with Crippen LogP contribution >= 0.6 is 11.3 Å². The fourth-order valence-electron chi connectivity index (χ4n) is 2.96. The maximum Gasteiger partial charge on any atom is 0.303 e. The summed E-state index contributed by atoms with van der Waals surface area (Å²) < 4.78 is 5.43. The number of nitro groups is 1. The first-order chi connectivity index (χ1) is 9.74. The van der Waals surface area contributed by atoms with Crippen molar-refractivity contribution in [3.8, 4) is 0 Å². The molecule has 2 aliphatic rings. The summed E-state index contributed by atoms with van der Waals surface area (Å²) in [6, 6.07) is 2.48. The van der Waals surface area contributed by atoms with Crippen LogP contribution in [0.3, 0.4) is 0 Å². The van der Waals surface area contributed by atoms with Gasteiger partial charge < -0.3 is 10.1 Å². The molecule has 2 saturated heterocycles. The molecule has 1 N–H and O–H groups in total. The summed E-state index contributed by atoms with van der Waals surface area (Å²) in [7, 11) is 0. The second kappa shape index (κ2) is 6.07. The van der Waals surface area contributed by atoms with Crippen LogP contribution < -0.4 is 5.32 Å². The van der Waals surface area contributed by atoms with Gasteiger partial charge in [-0.05, 0) is 24.6 Å². The molecule has 3 rings (SSSR count). The van der Waals surface area contributed by atoms with E-state index in [0.29, 0.717) is 17.1 Å². The van der Waals surface area contributed by atoms with E-state index in [-0.39, 0.29) is 10.6 Å². The highest BCUT2D eigenvalue weighted by atomic mass is 32.1. The highest BCUT2D eigenvalue weighted by Gasteiger charge is 2.28. The Morgan fingerprint density at radius 3 is 2.85 bits per heavy atom. The van der Waals surface area contributed by atoms with Crippen molar-refractivity contribution < 1.29 is 9.66 Å². The number of anilines is 1. The van der Waals surface area contributed by atoms with Crippen molar-refractivity contribution in [1.29, 1.82) is 0 Å². The molecule has 1 atom stereocenters. The molecule has 0 saturated carbocycles. The Bertz CT molecular complexity index is 465. The molecule has 110 valence electrons. The molecule has 0 amide bonds. The second-order valence-corrected chi connectivity index (χ2v) is 6.28. The lowest BCUT2D eigenvalue weighted by Gasteiger charge is -2.35. The van der Waals surface area contributed by atoms with Crippen LogP contribution in [0.5, 0.6) is 0 Å². The van der Waals surface area contributed by atoms with Gasteiger partial charge in [0.25, 0.3) is 0 Å². The molecule has 0 aliphatic carbocycles. The van der Waals surface area contributed by atoms with Gasteiger partial charge in [-0.2, -0.15) is 0 Å². The molecule has 20 heavy (non-hydrogen) atoms. The number of likely N-dealkylation sites (tertiary alicyclic amines) is 1. The normalized spacial score (nSPS) is 24.9. The molecule has 0 bridgehead atoms. The van der Waals surface area contributed by atoms with Gasteiger partial charge in [0.1, 0.15) is 0 Å². The number of hydrogen-bond donors (Lipinski definition) is 1. The van der Waals surface area contributed by atoms with Crippen LogP contribution in [0.4, 0.5) is 10.7 Å². The van der Waals surface area contributed by atoms with Crippen LogP contribution in [0.1, 0.15) is 19.3 Å². The maximum absolute atomic E-state index is 10.9. The van der Waals surface area contributed by atoms with Gasteiger partial charge in [0.05, 0.1) is 11.5 Å². The smallest absolute Gasteiger partial charge is 0.303 e. The quantitative estimate of drug-likeness (QED) is 0.682. The van der Waals surface area contributed by atoms with E-state index in [9.17, 15) is 10.1 Å². The fourth-order valence-corrected chi connectivity index (χ4v) is 3.79. The Kier molecular flexibility index (Phi) is 4.18. The van der Waals surface area contributed by atoms with Crippen LogP contribution in [0.15, 0.2) is 11.4 Å². The Morgan fingerprint density at radius 1 is 1.40 bits per heavy atom. The van der Waals surface area contributed by atoms with Gasteiger partial charge in [-0.25, -0.2) is 0 Å². The number of piperidine rings is 1. The molecular formula is C13H19N3O3S. The van der Waals surface area contributed by atoms with Gasteiger partial charge in [0.15, 0.2) is 5.00 Å². The monoisotopic (exact) mass is 297 g/mol. The molecule has 1 aromatic heterocycles. The lowest BCUT2D eigenvalue weighted by Crippen LogP contribution is -2.44. The Balaban J connectivity index is 1.53. The predicted octanol–water partition coefficient (Wildman–Crippen LogP) is 2.32. The SMILES string of the molecule is O=[N+]([O-])c1ccsc1NC1CCN([C@H]2CCOC2)CC1. The van der Waals surface area contributed by atoms with E-state index in [0.717, 1.165) is 45.6 Å². The van der Waals surface area contributed by atoms with Gasteiger partial charge in [0.2, 0.25) is 0 Å². The van der Waals surface area contributed by atoms with Crippen molar-refractivity contribution in [2.24, 2.45) is 0 Å². The first-order valence-electron chi connectivity index (χ1n) is 7.04. The molecule has 0 spiro atoms. The summed E-state index contributed by atoms with van der Waals surface area (Å²) in [6.07, 6.45) is 3.20. The first-order valence-corrected chi connectivity index (χ1v) is 7.92. The summed E-state index contributed by atoms with van der Waals surface area (Å²) in [6.45, 7) is 3.83. The summed E-state index contributed by atoms with van der Waals surface area (Å²) >= 11 is 1.41. The summed E-state index contributed by atoms with van der Waals surface area (Å²) in [5, 5.41) is 16.7. The minimum Gasteiger partial charge on any atom is -0.380 e. The van der Waals surface area contributed by atoms with Crippen LogP contribution in [0, 0.1) is 10.1 Å². The standard InChI is InChI=1S/C13H19N3O3S/c17-16(18)12-4-8-20-13(12)14-10-1-5-15(6-2-10)11-3-7-19-9-11/h4,8,10-11,14H,1-3,5-7,9H2/t11-/m0/s1. The molecule has 6 nitrogen and oxygen atoms in total. The minimum absolute atomic E-state index is 0.196. The number of thiophene rings is 1. The Labute approximate surface area is 121 Å². The van der Waals surface area contributed by atoms with Crippen LogP contribution in [-0.2, 0) is 4.74 Å². The van der Waals surface area contributed by atoms with Crippen LogP contribution in [0.25, 0.3) is 0 Å². The van der Waals surface area contributed by atoms with E-state index in [1.165, 1.54) is 11.3 Å². The third kappa shape index (κ3) is 2.94. The molecule has 7 heteroatoms. The maximum atomic E-state index is 10.9. The van der Waals surface area contributed by atoms with E-state index in [2.05, 4.69) is 10.2 Å². The van der Waals surface area contributed by atoms with Crippen molar-refractivity contribution in [3.05, 3.63) is 21.6 Å². The molecule has 0 aromatic carbocycles. The molecule has 2 fully saturated rings. The van der Waals surface area contributed by atoms with Gasteiger partial charge in [0, 0.05) is 37.8 Å². The highest BCUT2D eigenvalue weighted by molar-refractivity contribution is 7.14. The van der Waals surface area contributed by atoms with Gasteiger partial charge >= 0.3 is 5.69 Å². The lowest BCUT2D eigenvalue weighted by atomic mass is 10.0. The van der Waals surface area contributed by atoms with Crippen molar-refractivity contribution in [3.63, 3.8) is 0 Å². The van der Waals surface area contributed by atoms with Crippen molar-refractivity contribution in [2.75, 3.05) is 31.6 Å². The van der Waals surface area contributed by atoms with Crippen molar-refractivity contribution >= 4 is 22.0 Å². The number of nitrogens with one attached hydrogen (secondary N) is 1. The van der Waals surface area contributed by atoms with Gasteiger partial charge in [-0.15, -0.1) is 11.3 Å². The second-order valence-electron chi connectivity index (χ2n) is 5.36. The van der Waals surface area contributed by atoms with E-state index in [1.54, 1.807) is 11.4 Å². The zero-order valence-electron chi connectivity index (χ0n) is 11.3. The van der Waals surface area contributed by atoms with E-state index < -0.39 is 0 Å². The van der Waals surface area contributed by atoms with Crippen LogP contribution in [0.2, 0.25) is 0 Å². The molecule has 0 unspecified atom stereocenters. The average molecular weight is 297 g/mol. The number of rotatable bonds is 4. The fraction of sp³-hybridized carbons (Fsp3) is 0.692. The first kappa shape index (κ1) is 13.8. The molecule has 1 aromatic rings. The van der Waals surface area contributed by atoms with E-state index in [1.807, 2.05) is 0 Å². The van der Waals surface area contributed by atoms with Crippen molar-refractivity contribution in [1.82, 2.24) is 4.90 Å². The van der Waals surface area contributed by atoms with Gasteiger partial charge in [-0.1, -0.05) is 0 Å². The Morgan fingerprint density at radius 2 is 2.20 bits per heavy atom. The third-order valence-corrected chi connectivity index (χ3v) is 4.96. The third-order valence-electron chi connectivity index (χ3n) is 4.13. The summed E-state index contributed by atoms with van der Waals surface area (Å²) in [5.74, 6) is 0. The van der Waals surface area contributed by atoms with E-state index in [4.69, 9.17) is 4.74 Å². The van der Waals surface area contributed by atoms with Gasteiger partial charge in [-0.3, -0.25) is 15.0 Å². The Hall–Kier alpha value is -1.18. The summed E-state index contributed by atoms with van der Waals surface area (Å²) in [4.78, 5) is 13.1. The molecule has 0 radical (unpaired) electrons. The predicted molar refractivity (Wildman–Crippen MR) is 78.4 cm³/mol. The largest absolute Gasteiger partial charge is 0.380 e. The molecule has 3 heterocycles. The average Bonchev–Trinajstić information content (AvgIpc) is 3.10. The van der Waals surface area contributed by atoms with E-state index >= 15 is 0 Å². The minimum atomic E-state index is -0.316. The number of hydrogen-bond acceptors (Lipinski definition) is 6. The molecular weight excluding hydrogens is 278 g/mol. The number of ether oxygens (including phenoxy) is 1. The zero-order valence-corrected chi connectivity index (χ0v) is 12.1. The lowest BCUT2D eigenvalue weighted by molar-refractivity contribution is -0.383.